The van der Waals surface area contributed by atoms with Crippen LogP contribution in [0.4, 0.5) is 8.78 Å². The highest BCUT2D eigenvalue weighted by molar-refractivity contribution is 6.31. The van der Waals surface area contributed by atoms with Gasteiger partial charge in [-0.25, -0.2) is 13.6 Å². The molecule has 0 fully saturated rings. The maximum Gasteiger partial charge on any atom is 0.351 e. The van der Waals surface area contributed by atoms with E-state index in [4.69, 9.17) is 21.1 Å². The summed E-state index contributed by atoms with van der Waals surface area (Å²) < 4.78 is 41.1. The van der Waals surface area contributed by atoms with Crippen molar-refractivity contribution in [3.8, 4) is 17.4 Å². The monoisotopic (exact) mass is 420 g/mol. The van der Waals surface area contributed by atoms with E-state index < -0.39 is 23.1 Å². The number of rotatable bonds is 6. The minimum absolute atomic E-state index is 0.0926. The Hall–Kier alpha value is -2.93. The molecule has 3 rings (SSSR count). The lowest BCUT2D eigenvalue weighted by atomic mass is 10.2. The Kier molecular flexibility index (Phi) is 6.17. The summed E-state index contributed by atoms with van der Waals surface area (Å²) in [4.78, 5) is 15.7. The third kappa shape index (κ3) is 4.74. The standard InChI is InChI=1S/C21H19ClF2N2O3/c1-4-26-13(3)8-19(25-21(26)27)28-11-14-9-17(23)20(18(24)10-14)29-15-5-6-16(22)12(2)7-15/h5-10H,4,11H2,1-3H3. The Bertz CT molecular complexity index is 1090. The van der Waals surface area contributed by atoms with Crippen molar-refractivity contribution in [2.45, 2.75) is 33.9 Å². The second kappa shape index (κ2) is 8.61. The van der Waals surface area contributed by atoms with E-state index in [0.717, 1.165) is 17.7 Å². The first kappa shape index (κ1) is 20.8. The highest BCUT2D eigenvalue weighted by atomic mass is 35.5. The molecule has 0 spiro atoms. The van der Waals surface area contributed by atoms with E-state index in [2.05, 4.69) is 4.98 Å². The van der Waals surface area contributed by atoms with Crippen molar-refractivity contribution in [3.05, 3.63) is 80.4 Å². The maximum atomic E-state index is 14.4. The van der Waals surface area contributed by atoms with Crippen molar-refractivity contribution in [2.75, 3.05) is 0 Å². The lowest BCUT2D eigenvalue weighted by Gasteiger charge is -2.12. The number of hydrogen-bond donors (Lipinski definition) is 0. The van der Waals surface area contributed by atoms with Crippen LogP contribution in [0.3, 0.4) is 0 Å². The minimum atomic E-state index is -0.873. The summed E-state index contributed by atoms with van der Waals surface area (Å²) in [5.41, 5.74) is 1.20. The van der Waals surface area contributed by atoms with Gasteiger partial charge in [0.25, 0.3) is 0 Å². The van der Waals surface area contributed by atoms with Gasteiger partial charge >= 0.3 is 5.69 Å². The average Bonchev–Trinajstić information content (AvgIpc) is 2.65. The summed E-state index contributed by atoms with van der Waals surface area (Å²) in [7, 11) is 0. The fraction of sp³-hybridized carbons (Fsp3) is 0.238. The molecule has 0 atom stereocenters. The van der Waals surface area contributed by atoms with E-state index in [1.165, 1.54) is 10.6 Å². The lowest BCUT2D eigenvalue weighted by Crippen LogP contribution is -2.24. The topological polar surface area (TPSA) is 53.4 Å². The molecule has 29 heavy (non-hydrogen) atoms. The van der Waals surface area contributed by atoms with Crippen LogP contribution >= 0.6 is 11.6 Å². The smallest absolute Gasteiger partial charge is 0.351 e. The van der Waals surface area contributed by atoms with Gasteiger partial charge in [0.05, 0.1) is 0 Å². The number of hydrogen-bond acceptors (Lipinski definition) is 4. The molecule has 5 nitrogen and oxygen atoms in total. The molecule has 0 saturated carbocycles. The molecule has 0 N–H and O–H groups in total. The first-order chi connectivity index (χ1) is 13.8. The van der Waals surface area contributed by atoms with Crippen LogP contribution in [-0.2, 0) is 13.2 Å². The van der Waals surface area contributed by atoms with E-state index in [0.29, 0.717) is 17.3 Å². The zero-order valence-electron chi connectivity index (χ0n) is 16.1. The third-order valence-electron chi connectivity index (χ3n) is 4.31. The molecular formula is C21H19ClF2N2O3. The zero-order chi connectivity index (χ0) is 21.1. The Labute approximate surface area is 171 Å². The van der Waals surface area contributed by atoms with Gasteiger partial charge in [-0.1, -0.05) is 11.6 Å². The lowest BCUT2D eigenvalue weighted by molar-refractivity contribution is 0.288. The number of aromatic nitrogens is 2. The number of ether oxygens (including phenoxy) is 2. The van der Waals surface area contributed by atoms with Gasteiger partial charge < -0.3 is 9.47 Å². The van der Waals surface area contributed by atoms with Crippen molar-refractivity contribution >= 4 is 11.6 Å². The quantitative estimate of drug-likeness (QED) is 0.551. The Morgan fingerprint density at radius 1 is 1.10 bits per heavy atom. The van der Waals surface area contributed by atoms with Gasteiger partial charge in [0.2, 0.25) is 5.88 Å². The molecule has 0 aliphatic heterocycles. The van der Waals surface area contributed by atoms with Crippen LogP contribution < -0.4 is 15.2 Å². The normalized spacial score (nSPS) is 10.8. The Morgan fingerprint density at radius 2 is 1.79 bits per heavy atom. The summed E-state index contributed by atoms with van der Waals surface area (Å²) in [6.07, 6.45) is 0. The summed E-state index contributed by atoms with van der Waals surface area (Å²) in [5.74, 6) is -1.90. The van der Waals surface area contributed by atoms with Crippen LogP contribution in [0.25, 0.3) is 0 Å². The third-order valence-corrected chi connectivity index (χ3v) is 4.73. The second-order valence-corrected chi connectivity index (χ2v) is 6.86. The first-order valence-corrected chi connectivity index (χ1v) is 9.29. The van der Waals surface area contributed by atoms with Gasteiger partial charge in [0, 0.05) is 23.3 Å². The fourth-order valence-corrected chi connectivity index (χ4v) is 2.92. The van der Waals surface area contributed by atoms with Crippen molar-refractivity contribution in [1.82, 2.24) is 9.55 Å². The largest absolute Gasteiger partial charge is 0.473 e. The molecule has 0 amide bonds. The molecule has 0 saturated heterocycles. The highest BCUT2D eigenvalue weighted by Gasteiger charge is 2.15. The van der Waals surface area contributed by atoms with Crippen molar-refractivity contribution in [3.63, 3.8) is 0 Å². The molecule has 1 heterocycles. The molecular weight excluding hydrogens is 402 g/mol. The van der Waals surface area contributed by atoms with Gasteiger partial charge in [-0.3, -0.25) is 4.57 Å². The molecule has 0 aliphatic rings. The molecule has 0 unspecified atom stereocenters. The van der Waals surface area contributed by atoms with Gasteiger partial charge in [-0.15, -0.1) is 0 Å². The van der Waals surface area contributed by atoms with Gasteiger partial charge in [0.15, 0.2) is 17.4 Å². The molecule has 3 aromatic rings. The van der Waals surface area contributed by atoms with E-state index >= 15 is 0 Å². The maximum absolute atomic E-state index is 14.4. The SMILES string of the molecule is CCn1c(C)cc(OCc2cc(F)c(Oc3ccc(Cl)c(C)c3)c(F)c2)nc1=O. The Morgan fingerprint density at radius 3 is 2.38 bits per heavy atom. The number of benzene rings is 2. The molecule has 8 heteroatoms. The van der Waals surface area contributed by atoms with Crippen molar-refractivity contribution < 1.29 is 18.3 Å². The zero-order valence-corrected chi connectivity index (χ0v) is 16.9. The molecule has 152 valence electrons. The molecule has 2 aromatic carbocycles. The van der Waals surface area contributed by atoms with Crippen LogP contribution in [0, 0.1) is 25.5 Å². The summed E-state index contributed by atoms with van der Waals surface area (Å²) in [6, 6.07) is 8.52. The number of aryl methyl sites for hydroxylation is 2. The summed E-state index contributed by atoms with van der Waals surface area (Å²) >= 11 is 5.95. The van der Waals surface area contributed by atoms with E-state index in [9.17, 15) is 13.6 Å². The molecule has 0 radical (unpaired) electrons. The summed E-state index contributed by atoms with van der Waals surface area (Å²) in [6.45, 7) is 5.68. The predicted octanol–water partition coefficient (Wildman–Crippen LogP) is 5.18. The van der Waals surface area contributed by atoms with Gasteiger partial charge in [-0.05, 0) is 62.2 Å². The van der Waals surface area contributed by atoms with Crippen molar-refractivity contribution in [2.24, 2.45) is 0 Å². The van der Waals surface area contributed by atoms with Crippen molar-refractivity contribution in [1.29, 1.82) is 0 Å². The van der Waals surface area contributed by atoms with Gasteiger partial charge in [-0.2, -0.15) is 4.98 Å². The van der Waals surface area contributed by atoms with E-state index in [1.54, 1.807) is 32.0 Å². The molecule has 1 aromatic heterocycles. The molecule has 0 bridgehead atoms. The van der Waals surface area contributed by atoms with Crippen LogP contribution in [0.5, 0.6) is 17.4 Å². The average molecular weight is 421 g/mol. The number of halogens is 3. The summed E-state index contributed by atoms with van der Waals surface area (Å²) in [5, 5.41) is 0.529. The van der Waals surface area contributed by atoms with E-state index in [1.807, 2.05) is 6.92 Å². The first-order valence-electron chi connectivity index (χ1n) is 8.91. The van der Waals surface area contributed by atoms with Crippen LogP contribution in [0.2, 0.25) is 5.02 Å². The predicted molar refractivity (Wildman–Crippen MR) is 106 cm³/mol. The Balaban J connectivity index is 1.77. The van der Waals surface area contributed by atoms with E-state index in [-0.39, 0.29) is 23.8 Å². The van der Waals surface area contributed by atoms with Gasteiger partial charge in [0.1, 0.15) is 12.4 Å². The highest BCUT2D eigenvalue weighted by Crippen LogP contribution is 2.31. The minimum Gasteiger partial charge on any atom is -0.473 e. The van der Waals surface area contributed by atoms with Crippen LogP contribution in [0.15, 0.2) is 41.2 Å². The molecule has 0 aliphatic carbocycles. The van der Waals surface area contributed by atoms with Crippen LogP contribution in [0.1, 0.15) is 23.7 Å². The number of nitrogens with zero attached hydrogens (tertiary/aromatic N) is 2. The second-order valence-electron chi connectivity index (χ2n) is 6.45. The fourth-order valence-electron chi connectivity index (χ4n) is 2.80. The van der Waals surface area contributed by atoms with Crippen LogP contribution in [-0.4, -0.2) is 9.55 Å².